The maximum absolute atomic E-state index is 13.2. The molecule has 2 aromatic carbocycles. The van der Waals surface area contributed by atoms with Crippen molar-refractivity contribution in [2.75, 3.05) is 11.9 Å². The minimum atomic E-state index is -4.04. The number of hydrogen-bond donors (Lipinski definition) is 2. The van der Waals surface area contributed by atoms with E-state index in [0.29, 0.717) is 17.7 Å². The van der Waals surface area contributed by atoms with Gasteiger partial charge < -0.3 is 5.32 Å². The van der Waals surface area contributed by atoms with Gasteiger partial charge in [-0.3, -0.25) is 19.7 Å². The fourth-order valence-corrected chi connectivity index (χ4v) is 5.21. The van der Waals surface area contributed by atoms with Crippen LogP contribution in [0.15, 0.2) is 54.2 Å². The highest BCUT2D eigenvalue weighted by Gasteiger charge is 2.44. The predicted molar refractivity (Wildman–Crippen MR) is 111 cm³/mol. The van der Waals surface area contributed by atoms with Gasteiger partial charge in [0.2, 0.25) is 0 Å². The highest BCUT2D eigenvalue weighted by atomic mass is 32.2. The predicted octanol–water partition coefficient (Wildman–Crippen LogP) is 2.32. The van der Waals surface area contributed by atoms with Crippen molar-refractivity contribution in [1.29, 1.82) is 0 Å². The van der Waals surface area contributed by atoms with Crippen LogP contribution in [0.5, 0.6) is 0 Å². The van der Waals surface area contributed by atoms with Gasteiger partial charge in [0.1, 0.15) is 10.6 Å². The van der Waals surface area contributed by atoms with Crippen molar-refractivity contribution in [3.8, 4) is 0 Å². The highest BCUT2D eigenvalue weighted by Crippen LogP contribution is 2.36. The van der Waals surface area contributed by atoms with E-state index in [1.54, 1.807) is 30.3 Å². The van der Waals surface area contributed by atoms with E-state index in [0.717, 1.165) is 10.7 Å². The summed E-state index contributed by atoms with van der Waals surface area (Å²) in [5, 5.41) is 5.09. The maximum atomic E-state index is 13.2. The number of sulfonamides is 1. The number of fused-ring (bicyclic) bond motifs is 1. The van der Waals surface area contributed by atoms with Crippen molar-refractivity contribution in [2.45, 2.75) is 19.8 Å². The molecule has 0 saturated carbocycles. The Balaban J connectivity index is 1.80. The third-order valence-electron chi connectivity index (χ3n) is 4.97. The van der Waals surface area contributed by atoms with Gasteiger partial charge >= 0.3 is 0 Å². The standard InChI is InChI=1S/C21H19N3O5S/c1-2-3-11-24-21(27)17(18(30(24,28)29)13-7-5-4-6-8-13)22-14-9-10-15-16(12-14)20(26)23-19(15)25/h4-10,12,22H,2-3,11H2,1H3,(H,23,25,26). The minimum Gasteiger partial charge on any atom is -0.350 e. The Morgan fingerprint density at radius 1 is 0.967 bits per heavy atom. The van der Waals surface area contributed by atoms with Crippen LogP contribution in [0.2, 0.25) is 0 Å². The summed E-state index contributed by atoms with van der Waals surface area (Å²) in [6.45, 7) is 2.00. The number of imide groups is 1. The van der Waals surface area contributed by atoms with Crippen molar-refractivity contribution in [3.63, 3.8) is 0 Å². The minimum absolute atomic E-state index is 0.0815. The van der Waals surface area contributed by atoms with E-state index >= 15 is 0 Å². The Bertz CT molecular complexity index is 1200. The first-order chi connectivity index (χ1) is 14.3. The van der Waals surface area contributed by atoms with Gasteiger partial charge in [-0.25, -0.2) is 12.7 Å². The van der Waals surface area contributed by atoms with E-state index in [-0.39, 0.29) is 28.3 Å². The topological polar surface area (TPSA) is 113 Å². The molecule has 2 N–H and O–H groups in total. The van der Waals surface area contributed by atoms with Gasteiger partial charge in [0.15, 0.2) is 0 Å². The average Bonchev–Trinajstić information content (AvgIpc) is 3.10. The van der Waals surface area contributed by atoms with E-state index in [4.69, 9.17) is 0 Å². The highest BCUT2D eigenvalue weighted by molar-refractivity contribution is 7.99. The monoisotopic (exact) mass is 425 g/mol. The summed E-state index contributed by atoms with van der Waals surface area (Å²) in [5.41, 5.74) is 1.05. The van der Waals surface area contributed by atoms with Crippen molar-refractivity contribution in [3.05, 3.63) is 70.9 Å². The van der Waals surface area contributed by atoms with Gasteiger partial charge in [-0.2, -0.15) is 0 Å². The van der Waals surface area contributed by atoms with Crippen LogP contribution < -0.4 is 10.6 Å². The molecule has 2 aliphatic rings. The van der Waals surface area contributed by atoms with Crippen LogP contribution in [0.4, 0.5) is 5.69 Å². The zero-order chi connectivity index (χ0) is 21.5. The molecule has 0 aliphatic carbocycles. The van der Waals surface area contributed by atoms with E-state index in [1.807, 2.05) is 6.92 Å². The molecule has 0 spiro atoms. The van der Waals surface area contributed by atoms with Gasteiger partial charge in [0.25, 0.3) is 27.7 Å². The summed E-state index contributed by atoms with van der Waals surface area (Å²) in [4.78, 5) is 36.6. The number of rotatable bonds is 6. The molecule has 0 atom stereocenters. The number of carbonyl (C=O) groups is 3. The number of unbranched alkanes of at least 4 members (excludes halogenated alkanes) is 1. The smallest absolute Gasteiger partial charge is 0.285 e. The molecular formula is C21H19N3O5S. The van der Waals surface area contributed by atoms with E-state index < -0.39 is 27.7 Å². The van der Waals surface area contributed by atoms with Gasteiger partial charge in [-0.15, -0.1) is 0 Å². The summed E-state index contributed by atoms with van der Waals surface area (Å²) in [6.07, 6.45) is 1.28. The lowest BCUT2D eigenvalue weighted by atomic mass is 10.1. The van der Waals surface area contributed by atoms with E-state index in [1.165, 1.54) is 18.2 Å². The lowest BCUT2D eigenvalue weighted by Gasteiger charge is -2.16. The molecule has 8 nitrogen and oxygen atoms in total. The van der Waals surface area contributed by atoms with Gasteiger partial charge in [0, 0.05) is 12.2 Å². The molecule has 0 radical (unpaired) electrons. The van der Waals surface area contributed by atoms with Crippen molar-refractivity contribution >= 4 is 38.3 Å². The second-order valence-corrected chi connectivity index (χ2v) is 8.77. The molecule has 2 aliphatic heterocycles. The molecule has 2 aromatic rings. The molecule has 4 rings (SSSR count). The van der Waals surface area contributed by atoms with Gasteiger partial charge in [0.05, 0.1) is 11.1 Å². The number of nitrogens with zero attached hydrogens (tertiary/aromatic N) is 1. The SMILES string of the molecule is CCCCN1C(=O)C(Nc2ccc3c(c2)C(=O)NC3=O)=C(c2ccccc2)S1(=O)=O. The maximum Gasteiger partial charge on any atom is 0.285 e. The fourth-order valence-electron chi connectivity index (χ4n) is 3.48. The van der Waals surface area contributed by atoms with Crippen LogP contribution in [0.3, 0.4) is 0 Å². The van der Waals surface area contributed by atoms with Crippen molar-refractivity contribution < 1.29 is 22.8 Å². The first-order valence-corrected chi connectivity index (χ1v) is 10.9. The summed E-state index contributed by atoms with van der Waals surface area (Å²) in [5.74, 6) is -1.68. The second kappa shape index (κ2) is 7.42. The molecule has 154 valence electrons. The normalized spacial score (nSPS) is 17.4. The number of hydrogen-bond acceptors (Lipinski definition) is 6. The van der Waals surface area contributed by atoms with Crippen LogP contribution in [-0.2, 0) is 14.8 Å². The van der Waals surface area contributed by atoms with Crippen LogP contribution in [0, 0.1) is 0 Å². The summed E-state index contributed by atoms with van der Waals surface area (Å²) in [7, 11) is -4.04. The molecule has 3 amide bonds. The van der Waals surface area contributed by atoms with Gasteiger partial charge in [-0.1, -0.05) is 43.7 Å². The number of nitrogens with one attached hydrogen (secondary N) is 2. The third kappa shape index (κ3) is 3.17. The lowest BCUT2D eigenvalue weighted by Crippen LogP contribution is -2.33. The van der Waals surface area contributed by atoms with Crippen molar-refractivity contribution in [2.24, 2.45) is 0 Å². The molecule has 30 heavy (non-hydrogen) atoms. The summed E-state index contributed by atoms with van der Waals surface area (Å²) in [6, 6.07) is 12.8. The third-order valence-corrected chi connectivity index (χ3v) is 6.86. The lowest BCUT2D eigenvalue weighted by molar-refractivity contribution is -0.122. The van der Waals surface area contributed by atoms with E-state index in [2.05, 4.69) is 10.6 Å². The molecule has 0 fully saturated rings. The van der Waals surface area contributed by atoms with Crippen LogP contribution in [0.25, 0.3) is 4.91 Å². The van der Waals surface area contributed by atoms with Crippen LogP contribution in [-0.4, -0.2) is 37.0 Å². The van der Waals surface area contributed by atoms with Crippen molar-refractivity contribution in [1.82, 2.24) is 9.62 Å². The summed E-state index contributed by atoms with van der Waals surface area (Å²) >= 11 is 0. The largest absolute Gasteiger partial charge is 0.350 e. The first kappa shape index (κ1) is 19.8. The van der Waals surface area contributed by atoms with E-state index in [9.17, 15) is 22.8 Å². The zero-order valence-corrected chi connectivity index (χ0v) is 17.0. The average molecular weight is 425 g/mol. The second-order valence-electron chi connectivity index (χ2n) is 6.97. The number of benzene rings is 2. The quantitative estimate of drug-likeness (QED) is 0.687. The molecule has 0 unspecified atom stereocenters. The molecule has 9 heteroatoms. The molecule has 2 heterocycles. The Morgan fingerprint density at radius 2 is 1.67 bits per heavy atom. The van der Waals surface area contributed by atoms with Crippen LogP contribution in [0.1, 0.15) is 46.0 Å². The Morgan fingerprint density at radius 3 is 2.37 bits per heavy atom. The molecule has 0 bridgehead atoms. The fraction of sp³-hybridized carbons (Fsp3) is 0.190. The molecule has 0 saturated heterocycles. The van der Waals surface area contributed by atoms with Gasteiger partial charge in [-0.05, 0) is 30.2 Å². The Labute approximate surface area is 173 Å². The number of anilines is 1. The molecular weight excluding hydrogens is 406 g/mol. The number of carbonyl (C=O) groups excluding carboxylic acids is 3. The van der Waals surface area contributed by atoms with Crippen LogP contribution >= 0.6 is 0 Å². The Hall–Kier alpha value is -3.46. The zero-order valence-electron chi connectivity index (χ0n) is 16.1. The molecule has 0 aromatic heterocycles. The first-order valence-electron chi connectivity index (χ1n) is 9.48. The summed E-state index contributed by atoms with van der Waals surface area (Å²) < 4.78 is 27.3. The Kier molecular flexibility index (Phi) is 4.90. The number of amides is 3.